The van der Waals surface area contributed by atoms with E-state index in [0.29, 0.717) is 17.3 Å². The molecule has 2 N–H and O–H groups in total. The number of thiocarbonyl (C=S) groups is 1. The Morgan fingerprint density at radius 2 is 1.82 bits per heavy atom. The van der Waals surface area contributed by atoms with Crippen LogP contribution >= 0.6 is 12.2 Å². The third-order valence-corrected chi connectivity index (χ3v) is 5.12. The summed E-state index contributed by atoms with van der Waals surface area (Å²) in [5, 5.41) is 17.6. The van der Waals surface area contributed by atoms with Crippen molar-refractivity contribution in [1.82, 2.24) is 10.2 Å². The van der Waals surface area contributed by atoms with Crippen molar-refractivity contribution in [3.8, 4) is 5.75 Å². The van der Waals surface area contributed by atoms with Gasteiger partial charge in [0.2, 0.25) is 0 Å². The minimum atomic E-state index is -0.421. The van der Waals surface area contributed by atoms with Gasteiger partial charge in [-0.25, -0.2) is 0 Å². The van der Waals surface area contributed by atoms with E-state index < -0.39 is 4.92 Å². The first-order valence-electron chi connectivity index (χ1n) is 9.24. The maximum Gasteiger partial charge on any atom is 0.269 e. The maximum absolute atomic E-state index is 10.7. The fourth-order valence-electron chi connectivity index (χ4n) is 3.37. The van der Waals surface area contributed by atoms with Gasteiger partial charge >= 0.3 is 0 Å². The van der Waals surface area contributed by atoms with Crippen LogP contribution in [0, 0.1) is 10.1 Å². The molecule has 1 aliphatic rings. The molecule has 0 spiro atoms. The van der Waals surface area contributed by atoms with Crippen molar-refractivity contribution < 1.29 is 9.66 Å². The van der Waals surface area contributed by atoms with Crippen molar-refractivity contribution in [1.29, 1.82) is 0 Å². The summed E-state index contributed by atoms with van der Waals surface area (Å²) < 4.78 is 5.26. The fraction of sp³-hybridized carbons (Fsp3) is 0.350. The number of ether oxygens (including phenoxy) is 1. The predicted octanol–water partition coefficient (Wildman–Crippen LogP) is 3.73. The lowest BCUT2D eigenvalue weighted by Gasteiger charge is -2.29. The van der Waals surface area contributed by atoms with E-state index in [-0.39, 0.29) is 11.7 Å². The van der Waals surface area contributed by atoms with E-state index in [9.17, 15) is 10.1 Å². The number of methoxy groups -OCH3 is 1. The van der Waals surface area contributed by atoms with Gasteiger partial charge in [-0.1, -0.05) is 12.1 Å². The van der Waals surface area contributed by atoms with Crippen molar-refractivity contribution in [3.05, 3.63) is 64.2 Å². The van der Waals surface area contributed by atoms with Gasteiger partial charge in [0, 0.05) is 24.4 Å². The minimum Gasteiger partial charge on any atom is -0.497 e. The zero-order valence-corrected chi connectivity index (χ0v) is 16.6. The van der Waals surface area contributed by atoms with Crippen LogP contribution in [0.1, 0.15) is 24.4 Å². The lowest BCUT2D eigenvalue weighted by molar-refractivity contribution is -0.384. The molecule has 28 heavy (non-hydrogen) atoms. The van der Waals surface area contributed by atoms with E-state index in [4.69, 9.17) is 17.0 Å². The fourth-order valence-corrected chi connectivity index (χ4v) is 3.57. The minimum absolute atomic E-state index is 0.0537. The number of nitro groups is 1. The van der Waals surface area contributed by atoms with Gasteiger partial charge in [0.05, 0.1) is 18.1 Å². The third kappa shape index (κ3) is 5.17. The highest BCUT2D eigenvalue weighted by Gasteiger charge is 2.23. The summed E-state index contributed by atoms with van der Waals surface area (Å²) >= 11 is 5.41. The maximum atomic E-state index is 10.7. The van der Waals surface area contributed by atoms with Gasteiger partial charge in [-0.3, -0.25) is 15.0 Å². The molecule has 0 aromatic heterocycles. The molecule has 7 nitrogen and oxygen atoms in total. The van der Waals surface area contributed by atoms with Crippen LogP contribution in [0.3, 0.4) is 0 Å². The van der Waals surface area contributed by atoms with Gasteiger partial charge in [-0.05, 0) is 68.0 Å². The number of anilines is 1. The molecule has 1 heterocycles. The second-order valence-electron chi connectivity index (χ2n) is 6.67. The molecule has 1 fully saturated rings. The molecule has 0 aliphatic carbocycles. The number of nitro benzene ring substituents is 1. The van der Waals surface area contributed by atoms with E-state index in [1.807, 2.05) is 12.1 Å². The molecule has 1 unspecified atom stereocenters. The number of non-ortho nitro benzene ring substituents is 1. The van der Waals surface area contributed by atoms with Crippen LogP contribution in [0.4, 0.5) is 11.4 Å². The lowest BCUT2D eigenvalue weighted by atomic mass is 10.1. The Hall–Kier alpha value is -2.71. The summed E-state index contributed by atoms with van der Waals surface area (Å²) in [6.45, 7) is 2.81. The second kappa shape index (κ2) is 9.48. The third-order valence-electron chi connectivity index (χ3n) is 4.87. The van der Waals surface area contributed by atoms with Crippen LogP contribution in [0.15, 0.2) is 48.5 Å². The van der Waals surface area contributed by atoms with Crippen LogP contribution in [0.2, 0.25) is 0 Å². The number of rotatable bonds is 7. The van der Waals surface area contributed by atoms with Crippen molar-refractivity contribution in [2.75, 3.05) is 32.1 Å². The molecule has 8 heteroatoms. The molecule has 0 saturated carbocycles. The number of benzene rings is 2. The van der Waals surface area contributed by atoms with Gasteiger partial charge in [0.25, 0.3) is 5.69 Å². The lowest BCUT2D eigenvalue weighted by Crippen LogP contribution is -2.38. The number of nitrogens with one attached hydrogen (secondary N) is 2. The van der Waals surface area contributed by atoms with E-state index >= 15 is 0 Å². The quantitative estimate of drug-likeness (QED) is 0.416. The first-order valence-corrected chi connectivity index (χ1v) is 9.65. The predicted molar refractivity (Wildman–Crippen MR) is 114 cm³/mol. The molecule has 0 radical (unpaired) electrons. The summed E-state index contributed by atoms with van der Waals surface area (Å²) in [5.74, 6) is 0.840. The van der Waals surface area contributed by atoms with Crippen LogP contribution in [0.25, 0.3) is 0 Å². The topological polar surface area (TPSA) is 79.7 Å². The normalized spacial score (nSPS) is 15.0. The first-order chi connectivity index (χ1) is 13.6. The standard InChI is InChI=1S/C20H24N4O3S/c1-27-18-10-4-15(5-11-18)19(23-12-2-3-13-23)14-21-20(28)22-16-6-8-17(9-7-16)24(25)26/h4-11,19H,2-3,12-14H2,1H3,(H2,21,22,28). The van der Waals surface area contributed by atoms with Crippen LogP contribution in [-0.2, 0) is 0 Å². The van der Waals surface area contributed by atoms with Crippen LogP contribution < -0.4 is 15.4 Å². The Balaban J connectivity index is 1.62. The summed E-state index contributed by atoms with van der Waals surface area (Å²) in [7, 11) is 1.66. The summed E-state index contributed by atoms with van der Waals surface area (Å²) in [6.07, 6.45) is 2.41. The van der Waals surface area contributed by atoms with Crippen molar-refractivity contribution in [2.24, 2.45) is 0 Å². The SMILES string of the molecule is COc1ccc(C(CNC(=S)Nc2ccc([N+](=O)[O-])cc2)N2CCCC2)cc1. The summed E-state index contributed by atoms with van der Waals surface area (Å²) in [6, 6.07) is 14.6. The highest BCUT2D eigenvalue weighted by atomic mass is 32.1. The molecule has 0 bridgehead atoms. The van der Waals surface area contributed by atoms with E-state index in [0.717, 1.165) is 18.8 Å². The summed E-state index contributed by atoms with van der Waals surface area (Å²) in [4.78, 5) is 12.8. The molecule has 148 valence electrons. The number of hydrogen-bond acceptors (Lipinski definition) is 5. The molecule has 3 rings (SSSR count). The van der Waals surface area contributed by atoms with Crippen molar-refractivity contribution >= 4 is 28.7 Å². The number of hydrogen-bond donors (Lipinski definition) is 2. The Labute approximate surface area is 169 Å². The molecule has 1 atom stereocenters. The van der Waals surface area contributed by atoms with E-state index in [1.165, 1.54) is 30.5 Å². The highest BCUT2D eigenvalue weighted by Crippen LogP contribution is 2.26. The molecule has 2 aromatic rings. The first kappa shape index (κ1) is 20.0. The average Bonchev–Trinajstić information content (AvgIpc) is 3.23. The monoisotopic (exact) mass is 400 g/mol. The molecule has 1 aliphatic heterocycles. The highest BCUT2D eigenvalue weighted by molar-refractivity contribution is 7.80. The zero-order chi connectivity index (χ0) is 19.9. The Morgan fingerprint density at radius 3 is 2.39 bits per heavy atom. The van der Waals surface area contributed by atoms with Crippen LogP contribution in [-0.4, -0.2) is 41.7 Å². The van der Waals surface area contributed by atoms with Crippen molar-refractivity contribution in [3.63, 3.8) is 0 Å². The second-order valence-corrected chi connectivity index (χ2v) is 7.08. The largest absolute Gasteiger partial charge is 0.497 e. The Morgan fingerprint density at radius 1 is 1.18 bits per heavy atom. The van der Waals surface area contributed by atoms with Crippen molar-refractivity contribution in [2.45, 2.75) is 18.9 Å². The number of nitrogens with zero attached hydrogens (tertiary/aromatic N) is 2. The van der Waals surface area contributed by atoms with Gasteiger partial charge in [0.1, 0.15) is 5.75 Å². The molecule has 2 aromatic carbocycles. The zero-order valence-electron chi connectivity index (χ0n) is 15.8. The summed E-state index contributed by atoms with van der Waals surface area (Å²) in [5.41, 5.74) is 1.98. The van der Waals surface area contributed by atoms with Gasteiger partial charge in [-0.15, -0.1) is 0 Å². The smallest absolute Gasteiger partial charge is 0.269 e. The van der Waals surface area contributed by atoms with Gasteiger partial charge in [-0.2, -0.15) is 0 Å². The molecular weight excluding hydrogens is 376 g/mol. The van der Waals surface area contributed by atoms with Gasteiger partial charge < -0.3 is 15.4 Å². The Kier molecular flexibility index (Phi) is 6.78. The molecule has 1 saturated heterocycles. The molecule has 0 amide bonds. The average molecular weight is 401 g/mol. The van der Waals surface area contributed by atoms with Crippen LogP contribution in [0.5, 0.6) is 5.75 Å². The Bertz CT molecular complexity index is 805. The number of likely N-dealkylation sites (tertiary alicyclic amines) is 1. The molecular formula is C20H24N4O3S. The van der Waals surface area contributed by atoms with E-state index in [1.54, 1.807) is 19.2 Å². The van der Waals surface area contributed by atoms with Gasteiger partial charge in [0.15, 0.2) is 5.11 Å². The van der Waals surface area contributed by atoms with E-state index in [2.05, 4.69) is 27.7 Å².